The van der Waals surface area contributed by atoms with E-state index in [1.807, 2.05) is 0 Å². The monoisotopic (exact) mass is 405 g/mol. The number of carbonyl (C=O) groups is 2. The minimum Gasteiger partial charge on any atom is -0.497 e. The topological polar surface area (TPSA) is 66.8 Å². The number of Topliss-reactive ketones (excluding diaryl/α,β-unsaturated/α-hetero) is 1. The minimum absolute atomic E-state index is 0.0899. The first kappa shape index (κ1) is 19.8. The third kappa shape index (κ3) is 3.46. The lowest BCUT2D eigenvalue weighted by molar-refractivity contribution is -0.136. The number of amides is 1. The Bertz CT molecular complexity index is 1110. The molecule has 1 N–H and O–H groups in total. The van der Waals surface area contributed by atoms with E-state index in [4.69, 9.17) is 4.74 Å². The predicted octanol–water partition coefficient (Wildman–Crippen LogP) is 3.84. The molecule has 0 aliphatic carbocycles. The van der Waals surface area contributed by atoms with Crippen molar-refractivity contribution in [3.05, 3.63) is 95.3 Å². The van der Waals surface area contributed by atoms with Crippen LogP contribution in [-0.2, 0) is 16.9 Å². The number of hydrogen-bond donors (Lipinski definition) is 1. The SMILES string of the molecule is COc1ccc(C(=O)CC2(O)C(=O)N(Cc3cccc(F)c3)c3ccccc32)cc1. The average Bonchev–Trinajstić information content (AvgIpc) is 2.96. The summed E-state index contributed by atoms with van der Waals surface area (Å²) in [5.41, 5.74) is -0.145. The van der Waals surface area contributed by atoms with Gasteiger partial charge in [-0.15, -0.1) is 0 Å². The van der Waals surface area contributed by atoms with Crippen molar-refractivity contribution in [3.8, 4) is 5.75 Å². The second kappa shape index (κ2) is 7.72. The summed E-state index contributed by atoms with van der Waals surface area (Å²) in [5, 5.41) is 11.3. The van der Waals surface area contributed by atoms with Crippen molar-refractivity contribution in [1.82, 2.24) is 0 Å². The first-order chi connectivity index (χ1) is 14.4. The molecule has 1 aliphatic heterocycles. The first-order valence-electron chi connectivity index (χ1n) is 9.48. The van der Waals surface area contributed by atoms with E-state index in [-0.39, 0.29) is 12.3 Å². The second-order valence-electron chi connectivity index (χ2n) is 7.23. The summed E-state index contributed by atoms with van der Waals surface area (Å²) >= 11 is 0. The molecule has 1 heterocycles. The number of anilines is 1. The number of nitrogens with zero attached hydrogens (tertiary/aromatic N) is 1. The zero-order valence-corrected chi connectivity index (χ0v) is 16.3. The normalized spacial score (nSPS) is 17.7. The van der Waals surface area contributed by atoms with Gasteiger partial charge >= 0.3 is 0 Å². The fourth-order valence-corrected chi connectivity index (χ4v) is 3.76. The summed E-state index contributed by atoms with van der Waals surface area (Å²) in [5.74, 6) is -0.767. The number of halogens is 1. The standard InChI is InChI=1S/C24H20FNO4/c1-30-19-11-9-17(10-12-19)22(27)14-24(29)20-7-2-3-8-21(20)26(23(24)28)15-16-5-4-6-18(25)13-16/h2-13,29H,14-15H2,1H3. The zero-order chi connectivity index (χ0) is 21.3. The molecule has 4 rings (SSSR count). The number of hydrogen-bond acceptors (Lipinski definition) is 4. The molecular weight excluding hydrogens is 385 g/mol. The Labute approximate surface area is 173 Å². The number of benzene rings is 3. The molecule has 1 unspecified atom stereocenters. The van der Waals surface area contributed by atoms with Gasteiger partial charge < -0.3 is 14.7 Å². The highest BCUT2D eigenvalue weighted by Crippen LogP contribution is 2.43. The fraction of sp³-hybridized carbons (Fsp3) is 0.167. The van der Waals surface area contributed by atoms with Gasteiger partial charge in [-0.1, -0.05) is 30.3 Å². The number of aliphatic hydroxyl groups is 1. The van der Waals surface area contributed by atoms with E-state index >= 15 is 0 Å². The van der Waals surface area contributed by atoms with Gasteiger partial charge in [0.2, 0.25) is 0 Å². The van der Waals surface area contributed by atoms with Crippen molar-refractivity contribution in [1.29, 1.82) is 0 Å². The smallest absolute Gasteiger partial charge is 0.264 e. The van der Waals surface area contributed by atoms with Gasteiger partial charge in [0.05, 0.1) is 25.8 Å². The lowest BCUT2D eigenvalue weighted by atomic mass is 9.88. The van der Waals surface area contributed by atoms with Crippen molar-refractivity contribution in [3.63, 3.8) is 0 Å². The Morgan fingerprint density at radius 3 is 2.50 bits per heavy atom. The first-order valence-corrected chi connectivity index (χ1v) is 9.48. The van der Waals surface area contributed by atoms with Gasteiger partial charge in [-0.25, -0.2) is 4.39 Å². The molecule has 0 bridgehead atoms. The fourth-order valence-electron chi connectivity index (χ4n) is 3.76. The number of rotatable bonds is 6. The number of ether oxygens (including phenoxy) is 1. The van der Waals surface area contributed by atoms with Crippen LogP contribution in [0.25, 0.3) is 0 Å². The molecule has 30 heavy (non-hydrogen) atoms. The van der Waals surface area contributed by atoms with Crippen molar-refractivity contribution >= 4 is 17.4 Å². The lowest BCUT2D eigenvalue weighted by Gasteiger charge is -2.23. The molecule has 0 fully saturated rings. The Hall–Kier alpha value is -3.51. The number of ketones is 1. The third-order valence-electron chi connectivity index (χ3n) is 5.30. The molecule has 5 nitrogen and oxygen atoms in total. The van der Waals surface area contributed by atoms with Crippen molar-refractivity contribution in [2.24, 2.45) is 0 Å². The van der Waals surface area contributed by atoms with E-state index in [0.29, 0.717) is 28.1 Å². The van der Waals surface area contributed by atoms with Crippen LogP contribution in [0.2, 0.25) is 0 Å². The maximum Gasteiger partial charge on any atom is 0.264 e. The molecule has 6 heteroatoms. The maximum absolute atomic E-state index is 13.6. The Morgan fingerprint density at radius 1 is 1.07 bits per heavy atom. The lowest BCUT2D eigenvalue weighted by Crippen LogP contribution is -2.41. The van der Waals surface area contributed by atoms with Crippen LogP contribution < -0.4 is 9.64 Å². The van der Waals surface area contributed by atoms with Crippen LogP contribution in [0, 0.1) is 5.82 Å². The van der Waals surface area contributed by atoms with E-state index in [9.17, 15) is 19.1 Å². The highest BCUT2D eigenvalue weighted by atomic mass is 19.1. The van der Waals surface area contributed by atoms with Gasteiger partial charge in [0, 0.05) is 11.1 Å². The highest BCUT2D eigenvalue weighted by molar-refractivity contribution is 6.10. The van der Waals surface area contributed by atoms with E-state index in [1.165, 1.54) is 24.1 Å². The molecule has 0 saturated heterocycles. The Morgan fingerprint density at radius 2 is 1.80 bits per heavy atom. The van der Waals surface area contributed by atoms with E-state index in [0.717, 1.165) is 0 Å². The van der Waals surface area contributed by atoms with E-state index < -0.39 is 23.7 Å². The maximum atomic E-state index is 13.6. The van der Waals surface area contributed by atoms with Crippen LogP contribution in [0.4, 0.5) is 10.1 Å². The van der Waals surface area contributed by atoms with Gasteiger partial charge in [0.15, 0.2) is 11.4 Å². The molecule has 0 saturated carbocycles. The number of carbonyl (C=O) groups excluding carboxylic acids is 2. The van der Waals surface area contributed by atoms with Crippen molar-refractivity contribution < 1.29 is 23.8 Å². The van der Waals surface area contributed by atoms with Crippen LogP contribution in [0.3, 0.4) is 0 Å². The molecule has 3 aromatic rings. The molecule has 152 valence electrons. The second-order valence-corrected chi connectivity index (χ2v) is 7.23. The highest BCUT2D eigenvalue weighted by Gasteiger charge is 2.50. The summed E-state index contributed by atoms with van der Waals surface area (Å²) in [4.78, 5) is 27.5. The van der Waals surface area contributed by atoms with Crippen LogP contribution in [-0.4, -0.2) is 23.9 Å². The largest absolute Gasteiger partial charge is 0.497 e. The number of para-hydroxylation sites is 1. The predicted molar refractivity (Wildman–Crippen MR) is 110 cm³/mol. The van der Waals surface area contributed by atoms with Gasteiger partial charge in [-0.2, -0.15) is 0 Å². The van der Waals surface area contributed by atoms with Crippen LogP contribution in [0.1, 0.15) is 27.9 Å². The van der Waals surface area contributed by atoms with E-state index in [2.05, 4.69) is 0 Å². The third-order valence-corrected chi connectivity index (χ3v) is 5.30. The van der Waals surface area contributed by atoms with Crippen molar-refractivity contribution in [2.45, 2.75) is 18.6 Å². The molecule has 1 atom stereocenters. The zero-order valence-electron chi connectivity index (χ0n) is 16.3. The van der Waals surface area contributed by atoms with E-state index in [1.54, 1.807) is 60.7 Å². The van der Waals surface area contributed by atoms with Crippen LogP contribution in [0.15, 0.2) is 72.8 Å². The Kier molecular flexibility index (Phi) is 5.10. The summed E-state index contributed by atoms with van der Waals surface area (Å²) in [6, 6.07) is 19.2. The van der Waals surface area contributed by atoms with Gasteiger partial charge in [0.1, 0.15) is 11.6 Å². The molecule has 0 spiro atoms. The summed E-state index contributed by atoms with van der Waals surface area (Å²) < 4.78 is 18.7. The molecule has 0 radical (unpaired) electrons. The van der Waals surface area contributed by atoms with Gasteiger partial charge in [0.25, 0.3) is 5.91 Å². The number of methoxy groups -OCH3 is 1. The molecule has 1 amide bonds. The quantitative estimate of drug-likeness (QED) is 0.633. The van der Waals surface area contributed by atoms with Gasteiger partial charge in [-0.3, -0.25) is 9.59 Å². The van der Waals surface area contributed by atoms with Gasteiger partial charge in [-0.05, 0) is 48.0 Å². The minimum atomic E-state index is -1.99. The Balaban J connectivity index is 1.65. The number of fused-ring (bicyclic) bond motifs is 1. The van der Waals surface area contributed by atoms with Crippen molar-refractivity contribution in [2.75, 3.05) is 12.0 Å². The summed E-state index contributed by atoms with van der Waals surface area (Å²) in [6.45, 7) is 0.0899. The average molecular weight is 405 g/mol. The molecule has 3 aromatic carbocycles. The summed E-state index contributed by atoms with van der Waals surface area (Å²) in [7, 11) is 1.53. The molecular formula is C24H20FNO4. The molecule has 0 aromatic heterocycles. The van der Waals surface area contributed by atoms with Crippen LogP contribution >= 0.6 is 0 Å². The summed E-state index contributed by atoms with van der Waals surface area (Å²) in [6.07, 6.45) is -0.394. The van der Waals surface area contributed by atoms with Crippen LogP contribution in [0.5, 0.6) is 5.75 Å². The molecule has 1 aliphatic rings.